The van der Waals surface area contributed by atoms with Crippen molar-refractivity contribution in [3.05, 3.63) is 96.2 Å². The molecule has 0 aliphatic rings. The van der Waals surface area contributed by atoms with Gasteiger partial charge in [0.05, 0.1) is 36.1 Å². The van der Waals surface area contributed by atoms with Gasteiger partial charge in [-0.1, -0.05) is 12.1 Å². The predicted octanol–water partition coefficient (Wildman–Crippen LogP) is 6.36. The lowest BCUT2D eigenvalue weighted by atomic mass is 10.0. The first-order valence-corrected chi connectivity index (χ1v) is 13.6. The Balaban J connectivity index is 1.34. The maximum Gasteiger partial charge on any atom is 0.259 e. The number of fused-ring (bicyclic) bond motifs is 1. The van der Waals surface area contributed by atoms with Crippen LogP contribution in [0.5, 0.6) is 5.75 Å². The number of pyridine rings is 4. The second kappa shape index (κ2) is 12.8. The molecule has 9 nitrogen and oxygen atoms in total. The Bertz CT molecular complexity index is 1750. The molecule has 0 saturated carbocycles. The van der Waals surface area contributed by atoms with Crippen LogP contribution in [0.15, 0.2) is 79.4 Å². The van der Waals surface area contributed by atoms with E-state index in [2.05, 4.69) is 35.5 Å². The van der Waals surface area contributed by atoms with Gasteiger partial charge in [-0.25, -0.2) is 18.7 Å². The first-order valence-electron chi connectivity index (χ1n) is 13.6. The van der Waals surface area contributed by atoms with E-state index in [1.165, 1.54) is 19.2 Å². The fraction of sp³-hybridized carbons (Fsp3) is 0.219. The fourth-order valence-corrected chi connectivity index (χ4v) is 4.53. The summed E-state index contributed by atoms with van der Waals surface area (Å²) in [5, 5.41) is 6.27. The van der Waals surface area contributed by atoms with Gasteiger partial charge in [0.2, 0.25) is 0 Å². The minimum absolute atomic E-state index is 0.0772. The van der Waals surface area contributed by atoms with Crippen LogP contribution in [0, 0.1) is 6.92 Å². The van der Waals surface area contributed by atoms with Crippen LogP contribution in [0.25, 0.3) is 22.0 Å². The van der Waals surface area contributed by atoms with E-state index in [0.717, 1.165) is 44.9 Å². The summed E-state index contributed by atoms with van der Waals surface area (Å²) in [5.41, 5.74) is 4.84. The van der Waals surface area contributed by atoms with E-state index in [4.69, 9.17) is 4.74 Å². The summed E-state index contributed by atoms with van der Waals surface area (Å²) in [6.07, 6.45) is 3.92. The summed E-state index contributed by atoms with van der Waals surface area (Å²) in [6, 6.07) is 15.6. The number of hydrogen-bond acceptors (Lipinski definition) is 8. The lowest BCUT2D eigenvalue weighted by Crippen LogP contribution is -2.26. The van der Waals surface area contributed by atoms with Gasteiger partial charge < -0.3 is 20.3 Å². The second-order valence-electron chi connectivity index (χ2n) is 10.1. The van der Waals surface area contributed by atoms with Gasteiger partial charge in [-0.2, -0.15) is 0 Å². The number of amides is 1. The highest BCUT2D eigenvalue weighted by atomic mass is 19.3. The van der Waals surface area contributed by atoms with E-state index < -0.39 is 18.4 Å². The van der Waals surface area contributed by atoms with Crippen molar-refractivity contribution in [3.63, 3.8) is 0 Å². The van der Waals surface area contributed by atoms with E-state index in [1.807, 2.05) is 50.4 Å². The number of anilines is 3. The molecule has 0 saturated heterocycles. The molecule has 1 atom stereocenters. The zero-order valence-corrected chi connectivity index (χ0v) is 24.2. The number of alkyl halides is 2. The number of nitrogens with one attached hydrogen (secondary N) is 2. The Morgan fingerprint density at radius 2 is 1.79 bits per heavy atom. The molecule has 1 amide bonds. The third-order valence-electron chi connectivity index (χ3n) is 6.97. The number of ether oxygens (including phenoxy) is 1. The second-order valence-corrected chi connectivity index (χ2v) is 10.1. The third-order valence-corrected chi connectivity index (χ3v) is 6.97. The minimum Gasteiger partial charge on any atom is -0.497 e. The third kappa shape index (κ3) is 6.83. The number of hydrogen-bond donors (Lipinski definition) is 2. The molecule has 0 aliphatic heterocycles. The smallest absolute Gasteiger partial charge is 0.259 e. The van der Waals surface area contributed by atoms with Gasteiger partial charge in [-0.15, -0.1) is 0 Å². The summed E-state index contributed by atoms with van der Waals surface area (Å²) in [5.74, 6) is 1.18. The van der Waals surface area contributed by atoms with Crippen LogP contribution in [-0.4, -0.2) is 52.5 Å². The van der Waals surface area contributed by atoms with Crippen molar-refractivity contribution in [2.24, 2.45) is 0 Å². The first-order chi connectivity index (χ1) is 20.7. The van der Waals surface area contributed by atoms with Gasteiger partial charge in [0.15, 0.2) is 0 Å². The highest BCUT2D eigenvalue weighted by molar-refractivity contribution is 6.07. The zero-order valence-electron chi connectivity index (χ0n) is 24.2. The maximum atomic E-state index is 13.1. The maximum absolute atomic E-state index is 13.1. The van der Waals surface area contributed by atoms with E-state index in [0.29, 0.717) is 12.2 Å². The highest BCUT2D eigenvalue weighted by Crippen LogP contribution is 2.29. The normalized spacial score (nSPS) is 11.8. The van der Waals surface area contributed by atoms with Crippen LogP contribution in [0.3, 0.4) is 0 Å². The van der Waals surface area contributed by atoms with E-state index in [9.17, 15) is 13.6 Å². The molecule has 0 aliphatic carbocycles. The molecule has 2 N–H and O–H groups in total. The molecule has 0 radical (unpaired) electrons. The summed E-state index contributed by atoms with van der Waals surface area (Å²) in [4.78, 5) is 33.0. The Hall–Kier alpha value is -5.19. The van der Waals surface area contributed by atoms with Gasteiger partial charge in [0, 0.05) is 60.5 Å². The van der Waals surface area contributed by atoms with Gasteiger partial charge in [0.25, 0.3) is 12.3 Å². The topological polar surface area (TPSA) is 105 Å². The number of benzene rings is 1. The SMILES string of the molecule is COc1ccc(CN(C)c2cc3ncc(-c4cc(NC(=O)c5cccnc5NC(C)C(F)F)cnc4C)cc3cn2)cc1. The fourth-order valence-electron chi connectivity index (χ4n) is 4.53. The summed E-state index contributed by atoms with van der Waals surface area (Å²) < 4.78 is 31.4. The molecule has 0 fully saturated rings. The number of carbonyl (C=O) groups is 1. The van der Waals surface area contributed by atoms with Crippen molar-refractivity contribution in [3.8, 4) is 16.9 Å². The van der Waals surface area contributed by atoms with Crippen molar-refractivity contribution in [2.75, 3.05) is 29.7 Å². The van der Waals surface area contributed by atoms with Crippen molar-refractivity contribution in [2.45, 2.75) is 32.9 Å². The Kier molecular flexibility index (Phi) is 8.70. The molecule has 220 valence electrons. The molecule has 1 aromatic carbocycles. The molecule has 0 spiro atoms. The van der Waals surface area contributed by atoms with E-state index >= 15 is 0 Å². The van der Waals surface area contributed by atoms with Crippen molar-refractivity contribution in [1.29, 1.82) is 0 Å². The number of carbonyl (C=O) groups excluding carboxylic acids is 1. The van der Waals surface area contributed by atoms with Crippen molar-refractivity contribution < 1.29 is 18.3 Å². The van der Waals surface area contributed by atoms with Crippen LogP contribution in [-0.2, 0) is 6.54 Å². The quantitative estimate of drug-likeness (QED) is 0.196. The molecule has 1 unspecified atom stereocenters. The Morgan fingerprint density at radius 1 is 1.00 bits per heavy atom. The monoisotopic (exact) mass is 583 g/mol. The van der Waals surface area contributed by atoms with Crippen molar-refractivity contribution in [1.82, 2.24) is 19.9 Å². The summed E-state index contributed by atoms with van der Waals surface area (Å²) in [6.45, 7) is 3.87. The molecule has 11 heteroatoms. The van der Waals surface area contributed by atoms with Crippen LogP contribution in [0.4, 0.5) is 26.1 Å². The average Bonchev–Trinajstić information content (AvgIpc) is 3.02. The lowest BCUT2D eigenvalue weighted by Gasteiger charge is -2.19. The van der Waals surface area contributed by atoms with Gasteiger partial charge in [-0.05, 0) is 55.8 Å². The lowest BCUT2D eigenvalue weighted by molar-refractivity contribution is 0.102. The van der Waals surface area contributed by atoms with Crippen LogP contribution >= 0.6 is 0 Å². The Labute approximate surface area is 248 Å². The van der Waals surface area contributed by atoms with Crippen LogP contribution in [0.2, 0.25) is 0 Å². The van der Waals surface area contributed by atoms with Gasteiger partial charge in [-0.3, -0.25) is 14.8 Å². The number of methoxy groups -OCH3 is 1. The van der Waals surface area contributed by atoms with Crippen LogP contribution < -0.4 is 20.3 Å². The number of halogens is 2. The number of rotatable bonds is 10. The first kappa shape index (κ1) is 29.3. The highest BCUT2D eigenvalue weighted by Gasteiger charge is 2.19. The average molecular weight is 584 g/mol. The molecule has 0 bridgehead atoms. The molecule has 5 rings (SSSR count). The van der Waals surface area contributed by atoms with E-state index in [1.54, 1.807) is 37.8 Å². The van der Waals surface area contributed by atoms with Crippen molar-refractivity contribution >= 4 is 34.1 Å². The summed E-state index contributed by atoms with van der Waals surface area (Å²) in [7, 11) is 3.62. The molecular formula is C32H31F2N7O2. The molecule has 5 aromatic rings. The molecule has 43 heavy (non-hydrogen) atoms. The number of aromatic nitrogens is 4. The van der Waals surface area contributed by atoms with Gasteiger partial charge in [0.1, 0.15) is 17.4 Å². The van der Waals surface area contributed by atoms with Crippen LogP contribution in [0.1, 0.15) is 28.5 Å². The van der Waals surface area contributed by atoms with E-state index in [-0.39, 0.29) is 11.4 Å². The largest absolute Gasteiger partial charge is 0.497 e. The zero-order chi connectivity index (χ0) is 30.5. The molecule has 4 aromatic heterocycles. The number of aryl methyl sites for hydroxylation is 1. The van der Waals surface area contributed by atoms with Gasteiger partial charge >= 0.3 is 0 Å². The predicted molar refractivity (Wildman–Crippen MR) is 164 cm³/mol. The summed E-state index contributed by atoms with van der Waals surface area (Å²) >= 11 is 0. The number of nitrogens with zero attached hydrogens (tertiary/aromatic N) is 5. The molecule has 4 heterocycles. The standard InChI is InChI=1S/C32H31F2N7O2/c1-19-27(13-24(17-36-19)40-32(42)26-6-5-11-35-31(26)39-20(2)30(33)34)22-12-23-16-38-29(14-28(23)37-15-22)41(3)18-21-7-9-25(43-4)10-8-21/h5-17,20,30H,18H2,1-4H3,(H,35,39)(H,40,42). The minimum atomic E-state index is -2.61. The molecular weight excluding hydrogens is 552 g/mol. The Morgan fingerprint density at radius 3 is 2.53 bits per heavy atom.